The minimum absolute atomic E-state index is 0.227. The highest BCUT2D eigenvalue weighted by atomic mass is 32.2. The quantitative estimate of drug-likeness (QED) is 0.0828. The van der Waals surface area contributed by atoms with Gasteiger partial charge in [0.15, 0.2) is 11.1 Å². The van der Waals surface area contributed by atoms with E-state index in [-0.39, 0.29) is 18.1 Å². The van der Waals surface area contributed by atoms with Crippen molar-refractivity contribution in [3.05, 3.63) is 12.3 Å². The molecule has 0 aliphatic carbocycles. The second kappa shape index (κ2) is 9.15. The van der Waals surface area contributed by atoms with Gasteiger partial charge in [-0.15, -0.1) is 0 Å². The highest BCUT2D eigenvalue weighted by Crippen LogP contribution is 2.16. The molecule has 0 saturated heterocycles. The van der Waals surface area contributed by atoms with Crippen molar-refractivity contribution in [1.82, 2.24) is 15.4 Å². The molecule has 1 aromatic rings. The predicted molar refractivity (Wildman–Crippen MR) is 80.5 cm³/mol. The van der Waals surface area contributed by atoms with Gasteiger partial charge in [0.25, 0.3) is 0 Å². The Morgan fingerprint density at radius 3 is 2.83 bits per heavy atom. The van der Waals surface area contributed by atoms with E-state index in [4.69, 9.17) is 11.6 Å². The molecule has 0 bridgehead atoms. The third kappa shape index (κ3) is 8.83. The zero-order valence-corrected chi connectivity index (χ0v) is 12.7. The molecule has 0 atom stereocenters. The number of aliphatic imine (C=N–C) groups is 1. The molecule has 0 saturated carbocycles. The molecule has 23 heavy (non-hydrogen) atoms. The van der Waals surface area contributed by atoms with Gasteiger partial charge in [0.1, 0.15) is 12.4 Å². The number of thioether (sulfide) groups is 1. The lowest BCUT2D eigenvalue weighted by Crippen LogP contribution is -2.29. The number of guanidine groups is 1. The molecule has 1 heterocycles. The third-order valence-electron chi connectivity index (χ3n) is 2.26. The summed E-state index contributed by atoms with van der Waals surface area (Å²) in [5, 5.41) is 2.85. The second-order valence-corrected chi connectivity index (χ2v) is 5.25. The Kier molecular flexibility index (Phi) is 7.54. The number of hydrogen-bond donors (Lipinski definition) is 4. The molecular weight excluding hydrogens is 335 g/mol. The van der Waals surface area contributed by atoms with Gasteiger partial charge in [-0.3, -0.25) is 10.2 Å². The van der Waals surface area contributed by atoms with Crippen LogP contribution < -0.4 is 22.3 Å². The number of carbonyl (C=O) groups is 1. The fraction of sp³-hybridized carbons (Fsp3) is 0.455. The fourth-order valence-corrected chi connectivity index (χ4v) is 2.06. The van der Waals surface area contributed by atoms with Crippen LogP contribution in [0.4, 0.5) is 19.0 Å². The number of hydrogen-bond acceptors (Lipinski definition) is 6. The number of nitrogens with two attached hydrogens (primary N) is 2. The molecule has 1 amide bonds. The molecule has 1 aromatic heterocycles. The van der Waals surface area contributed by atoms with E-state index < -0.39 is 18.7 Å². The van der Waals surface area contributed by atoms with Crippen LogP contribution in [-0.2, 0) is 4.79 Å². The summed E-state index contributed by atoms with van der Waals surface area (Å²) >= 11 is 1.29. The SMILES string of the molecule is NNC(=O)CCCSc1nccc(NC(N)=NCC(F)(F)F)n1. The van der Waals surface area contributed by atoms with E-state index in [0.29, 0.717) is 17.3 Å². The van der Waals surface area contributed by atoms with Crippen molar-refractivity contribution in [2.24, 2.45) is 16.6 Å². The Balaban J connectivity index is 2.48. The van der Waals surface area contributed by atoms with Gasteiger partial charge >= 0.3 is 6.18 Å². The monoisotopic (exact) mass is 351 g/mol. The van der Waals surface area contributed by atoms with E-state index in [1.54, 1.807) is 0 Å². The summed E-state index contributed by atoms with van der Waals surface area (Å²) in [4.78, 5) is 22.2. The van der Waals surface area contributed by atoms with Crippen molar-refractivity contribution < 1.29 is 18.0 Å². The largest absolute Gasteiger partial charge is 0.408 e. The molecule has 0 radical (unpaired) electrons. The Bertz CT molecular complexity index is 553. The molecular formula is C11H16F3N7OS. The summed E-state index contributed by atoms with van der Waals surface area (Å²) < 4.78 is 36.1. The first-order chi connectivity index (χ1) is 10.8. The van der Waals surface area contributed by atoms with Crippen molar-refractivity contribution in [2.75, 3.05) is 17.6 Å². The predicted octanol–water partition coefficient (Wildman–Crippen LogP) is 0.628. The first-order valence-electron chi connectivity index (χ1n) is 6.39. The number of nitrogens with zero attached hydrogens (tertiary/aromatic N) is 3. The van der Waals surface area contributed by atoms with Crippen LogP contribution in [0.3, 0.4) is 0 Å². The van der Waals surface area contributed by atoms with E-state index >= 15 is 0 Å². The lowest BCUT2D eigenvalue weighted by atomic mass is 10.3. The second-order valence-electron chi connectivity index (χ2n) is 4.19. The third-order valence-corrected chi connectivity index (χ3v) is 3.21. The van der Waals surface area contributed by atoms with Crippen LogP contribution in [0.25, 0.3) is 0 Å². The lowest BCUT2D eigenvalue weighted by Gasteiger charge is -2.07. The van der Waals surface area contributed by atoms with Gasteiger partial charge in [-0.1, -0.05) is 11.8 Å². The van der Waals surface area contributed by atoms with Gasteiger partial charge in [0.2, 0.25) is 5.91 Å². The average Bonchev–Trinajstić information content (AvgIpc) is 2.49. The molecule has 128 valence electrons. The molecule has 0 fully saturated rings. The van der Waals surface area contributed by atoms with Gasteiger partial charge in [-0.25, -0.2) is 20.8 Å². The van der Waals surface area contributed by atoms with E-state index in [0.717, 1.165) is 0 Å². The Labute approximate surface area is 134 Å². The maximum atomic E-state index is 12.0. The van der Waals surface area contributed by atoms with Crippen LogP contribution in [0.15, 0.2) is 22.4 Å². The van der Waals surface area contributed by atoms with Crippen LogP contribution in [0.2, 0.25) is 0 Å². The van der Waals surface area contributed by atoms with E-state index in [1.165, 1.54) is 24.0 Å². The molecule has 0 aromatic carbocycles. The Hall–Kier alpha value is -2.08. The number of rotatable bonds is 7. The fourth-order valence-electron chi connectivity index (χ4n) is 1.29. The Morgan fingerprint density at radius 1 is 1.43 bits per heavy atom. The molecule has 0 aliphatic rings. The smallest absolute Gasteiger partial charge is 0.370 e. The minimum Gasteiger partial charge on any atom is -0.370 e. The Morgan fingerprint density at radius 2 is 2.17 bits per heavy atom. The standard InChI is InChI=1S/C11H16F3N7OS/c12-11(13,14)6-18-9(15)19-7-3-4-17-10(20-7)23-5-1-2-8(22)21-16/h3-4H,1-2,5-6,16H2,(H,21,22)(H3,15,17,18,19,20). The average molecular weight is 351 g/mol. The van der Waals surface area contributed by atoms with Gasteiger partial charge in [0, 0.05) is 18.4 Å². The van der Waals surface area contributed by atoms with Gasteiger partial charge in [0.05, 0.1) is 0 Å². The van der Waals surface area contributed by atoms with Crippen molar-refractivity contribution in [1.29, 1.82) is 0 Å². The van der Waals surface area contributed by atoms with Crippen molar-refractivity contribution >= 4 is 29.4 Å². The van der Waals surface area contributed by atoms with E-state index in [9.17, 15) is 18.0 Å². The maximum Gasteiger partial charge on any atom is 0.408 e. The maximum absolute atomic E-state index is 12.0. The van der Waals surface area contributed by atoms with Crippen LogP contribution in [-0.4, -0.2) is 40.3 Å². The van der Waals surface area contributed by atoms with Crippen LogP contribution in [0.5, 0.6) is 0 Å². The summed E-state index contributed by atoms with van der Waals surface area (Å²) in [7, 11) is 0. The van der Waals surface area contributed by atoms with Gasteiger partial charge in [-0.05, 0) is 12.5 Å². The number of nitrogens with one attached hydrogen (secondary N) is 2. The molecule has 6 N–H and O–H groups in total. The zero-order valence-electron chi connectivity index (χ0n) is 11.9. The normalized spacial score (nSPS) is 12.1. The van der Waals surface area contributed by atoms with Crippen molar-refractivity contribution in [3.63, 3.8) is 0 Å². The molecule has 0 spiro atoms. The van der Waals surface area contributed by atoms with E-state index in [2.05, 4.69) is 20.3 Å². The number of carbonyl (C=O) groups excluding carboxylic acids is 1. The molecule has 0 unspecified atom stereocenters. The summed E-state index contributed by atoms with van der Waals surface area (Å²) in [6.45, 7) is -1.37. The van der Waals surface area contributed by atoms with E-state index in [1.807, 2.05) is 5.43 Å². The topological polar surface area (TPSA) is 131 Å². The molecule has 12 heteroatoms. The number of aromatic nitrogens is 2. The summed E-state index contributed by atoms with van der Waals surface area (Å²) in [6.07, 6.45) is -2.14. The number of hydrazine groups is 1. The van der Waals surface area contributed by atoms with Crippen LogP contribution >= 0.6 is 11.8 Å². The summed E-state index contributed by atoms with van der Waals surface area (Å²) in [5.41, 5.74) is 7.37. The van der Waals surface area contributed by atoms with Crippen LogP contribution in [0, 0.1) is 0 Å². The zero-order chi connectivity index (χ0) is 17.3. The lowest BCUT2D eigenvalue weighted by molar-refractivity contribution is -0.121. The molecule has 0 aliphatic heterocycles. The van der Waals surface area contributed by atoms with Crippen molar-refractivity contribution in [2.45, 2.75) is 24.2 Å². The highest BCUT2D eigenvalue weighted by molar-refractivity contribution is 7.99. The highest BCUT2D eigenvalue weighted by Gasteiger charge is 2.26. The van der Waals surface area contributed by atoms with Crippen molar-refractivity contribution in [3.8, 4) is 0 Å². The number of amides is 1. The number of anilines is 1. The molecule has 1 rings (SSSR count). The first-order valence-corrected chi connectivity index (χ1v) is 7.37. The molecule has 8 nitrogen and oxygen atoms in total. The van der Waals surface area contributed by atoms with Gasteiger partial charge < -0.3 is 11.1 Å². The summed E-state index contributed by atoms with van der Waals surface area (Å²) in [5.74, 6) is 5.10. The number of alkyl halides is 3. The minimum atomic E-state index is -4.42. The first kappa shape index (κ1) is 19.0. The summed E-state index contributed by atoms with van der Waals surface area (Å²) in [6, 6.07) is 1.45. The number of halogens is 3. The van der Waals surface area contributed by atoms with Crippen LogP contribution in [0.1, 0.15) is 12.8 Å². The van der Waals surface area contributed by atoms with Gasteiger partial charge in [-0.2, -0.15) is 13.2 Å².